The number of thioether (sulfide) groups is 1. The van der Waals surface area contributed by atoms with E-state index >= 15 is 0 Å². The number of fused-ring (bicyclic) bond motifs is 1. The smallest absolute Gasteiger partial charge is 0.376 e. The van der Waals surface area contributed by atoms with Gasteiger partial charge >= 0.3 is 6.18 Å². The molecule has 1 atom stereocenters. The monoisotopic (exact) mass is 469 g/mol. The molecule has 0 aliphatic carbocycles. The molecule has 4 nitrogen and oxygen atoms in total. The lowest BCUT2D eigenvalue weighted by atomic mass is 9.84. The van der Waals surface area contributed by atoms with Crippen molar-refractivity contribution >= 4 is 34.3 Å². The highest BCUT2D eigenvalue weighted by molar-refractivity contribution is 7.98. The van der Waals surface area contributed by atoms with E-state index in [1.54, 1.807) is 30.0 Å². The molecule has 32 heavy (non-hydrogen) atoms. The van der Waals surface area contributed by atoms with E-state index in [0.29, 0.717) is 29.4 Å². The lowest BCUT2D eigenvalue weighted by Crippen LogP contribution is -2.31. The fraction of sp³-hybridized carbons (Fsp3) is 0.583. The van der Waals surface area contributed by atoms with Crippen molar-refractivity contribution in [2.24, 2.45) is 5.92 Å². The predicted octanol–water partition coefficient (Wildman–Crippen LogP) is 6.32. The molecule has 0 saturated carbocycles. The number of benzene rings is 1. The lowest BCUT2D eigenvalue weighted by Gasteiger charge is -2.23. The number of halogens is 3. The second-order valence-corrected chi connectivity index (χ2v) is 10.2. The number of aromatic nitrogens is 1. The van der Waals surface area contributed by atoms with Gasteiger partial charge in [-0.25, -0.2) is 4.98 Å². The molecule has 1 heterocycles. The summed E-state index contributed by atoms with van der Waals surface area (Å²) in [4.78, 5) is 17.5. The van der Waals surface area contributed by atoms with Crippen molar-refractivity contribution in [1.29, 1.82) is 0 Å². The van der Waals surface area contributed by atoms with Crippen LogP contribution >= 0.6 is 11.8 Å². The van der Waals surface area contributed by atoms with Crippen LogP contribution in [0.2, 0.25) is 0 Å². The van der Waals surface area contributed by atoms with Crippen molar-refractivity contribution in [2.45, 2.75) is 59.1 Å². The fourth-order valence-electron chi connectivity index (χ4n) is 3.70. The number of pyridine rings is 1. The molecule has 178 valence electrons. The lowest BCUT2D eigenvalue weighted by molar-refractivity contribution is -0.115. The number of alkyl halides is 3. The minimum absolute atomic E-state index is 0.226. The third kappa shape index (κ3) is 7.29. The Hall–Kier alpha value is -1.96. The highest BCUT2D eigenvalue weighted by Crippen LogP contribution is 2.34. The number of anilines is 1. The molecule has 1 unspecified atom stereocenters. The van der Waals surface area contributed by atoms with Crippen LogP contribution in [-0.2, 0) is 5.41 Å². The van der Waals surface area contributed by atoms with E-state index in [4.69, 9.17) is 0 Å². The van der Waals surface area contributed by atoms with E-state index < -0.39 is 12.7 Å². The summed E-state index contributed by atoms with van der Waals surface area (Å²) >= 11 is 1.77. The van der Waals surface area contributed by atoms with E-state index in [1.807, 2.05) is 27.7 Å². The fourth-order valence-corrected chi connectivity index (χ4v) is 4.46. The molecular formula is C24H34F3N3OS. The normalized spacial score (nSPS) is 13.3. The molecule has 2 aromatic rings. The minimum Gasteiger partial charge on any atom is -0.376 e. The predicted molar refractivity (Wildman–Crippen MR) is 129 cm³/mol. The van der Waals surface area contributed by atoms with Crippen molar-refractivity contribution < 1.29 is 18.0 Å². The molecule has 0 radical (unpaired) electrons. The van der Waals surface area contributed by atoms with E-state index in [9.17, 15) is 18.0 Å². The van der Waals surface area contributed by atoms with Crippen molar-refractivity contribution in [3.8, 4) is 0 Å². The Morgan fingerprint density at radius 2 is 1.88 bits per heavy atom. The minimum atomic E-state index is -4.31. The first-order chi connectivity index (χ1) is 14.9. The van der Waals surface area contributed by atoms with E-state index in [0.717, 1.165) is 35.1 Å². The first-order valence-corrected chi connectivity index (χ1v) is 12.3. The molecule has 0 bridgehead atoms. The second kappa shape index (κ2) is 10.8. The topological polar surface area (TPSA) is 54.0 Å². The third-order valence-electron chi connectivity index (χ3n) is 5.30. The summed E-state index contributed by atoms with van der Waals surface area (Å²) in [6, 6.07) is 5.09. The average molecular weight is 470 g/mol. The molecule has 0 saturated heterocycles. The maximum atomic E-state index is 12.9. The van der Waals surface area contributed by atoms with Gasteiger partial charge in [0, 0.05) is 17.6 Å². The van der Waals surface area contributed by atoms with Gasteiger partial charge in [0.15, 0.2) is 0 Å². The molecule has 1 aromatic carbocycles. The molecule has 2 N–H and O–H groups in total. The van der Waals surface area contributed by atoms with Gasteiger partial charge in [0.1, 0.15) is 12.2 Å². The maximum absolute atomic E-state index is 12.9. The molecule has 0 fully saturated rings. The zero-order valence-corrected chi connectivity index (χ0v) is 20.6. The van der Waals surface area contributed by atoms with Crippen molar-refractivity contribution in [3.63, 3.8) is 0 Å². The molecule has 0 aliphatic rings. The Balaban J connectivity index is 2.41. The summed E-state index contributed by atoms with van der Waals surface area (Å²) in [5, 5.41) is 6.23. The Morgan fingerprint density at radius 3 is 2.44 bits per heavy atom. The zero-order chi connectivity index (χ0) is 24.1. The Labute approximate surface area is 193 Å². The largest absolute Gasteiger partial charge is 0.405 e. The van der Waals surface area contributed by atoms with Gasteiger partial charge in [0.25, 0.3) is 5.91 Å². The van der Waals surface area contributed by atoms with Crippen molar-refractivity contribution in [2.75, 3.05) is 30.4 Å². The maximum Gasteiger partial charge on any atom is 0.405 e. The number of hydrogen-bond donors (Lipinski definition) is 2. The van der Waals surface area contributed by atoms with Gasteiger partial charge in [0.05, 0.1) is 5.52 Å². The van der Waals surface area contributed by atoms with Gasteiger partial charge in [-0.1, -0.05) is 34.1 Å². The van der Waals surface area contributed by atoms with Gasteiger partial charge in [-0.05, 0) is 66.0 Å². The quantitative estimate of drug-likeness (QED) is 0.451. The summed E-state index contributed by atoms with van der Waals surface area (Å²) < 4.78 is 38.1. The SMILES string of the molecule is CCCC(CNC(=O)c1cc(C)c2cc(NCC(F)(F)F)cc(C(C)(C)C)c2n1)CSC. The van der Waals surface area contributed by atoms with E-state index in [1.165, 1.54) is 0 Å². The van der Waals surface area contributed by atoms with Crippen LogP contribution in [0.1, 0.15) is 62.2 Å². The Morgan fingerprint density at radius 1 is 1.19 bits per heavy atom. The molecule has 0 aliphatic heterocycles. The number of carbonyl (C=O) groups is 1. The van der Waals surface area contributed by atoms with Gasteiger partial charge in [0.2, 0.25) is 0 Å². The van der Waals surface area contributed by atoms with Crippen LogP contribution in [0.3, 0.4) is 0 Å². The van der Waals surface area contributed by atoms with Crippen LogP contribution in [0.15, 0.2) is 18.2 Å². The summed E-state index contributed by atoms with van der Waals surface area (Å²) in [6.07, 6.45) is -0.135. The van der Waals surface area contributed by atoms with E-state index in [-0.39, 0.29) is 11.3 Å². The van der Waals surface area contributed by atoms with Gasteiger partial charge in [-0.3, -0.25) is 4.79 Å². The number of aryl methyl sites for hydroxylation is 1. The highest BCUT2D eigenvalue weighted by Gasteiger charge is 2.27. The molecular weight excluding hydrogens is 435 g/mol. The molecule has 1 amide bonds. The first kappa shape index (κ1) is 26.3. The zero-order valence-electron chi connectivity index (χ0n) is 19.7. The van der Waals surface area contributed by atoms with Gasteiger partial charge < -0.3 is 10.6 Å². The van der Waals surface area contributed by atoms with Crippen LogP contribution in [0, 0.1) is 12.8 Å². The number of carbonyl (C=O) groups excluding carboxylic acids is 1. The molecule has 1 aromatic heterocycles. The summed E-state index contributed by atoms with van der Waals surface area (Å²) in [5.74, 6) is 1.17. The summed E-state index contributed by atoms with van der Waals surface area (Å²) in [5.41, 5.74) is 2.60. The van der Waals surface area contributed by atoms with Crippen molar-refractivity contribution in [3.05, 3.63) is 35.0 Å². The molecule has 8 heteroatoms. The van der Waals surface area contributed by atoms with Crippen LogP contribution < -0.4 is 10.6 Å². The van der Waals surface area contributed by atoms with Crippen LogP contribution in [0.5, 0.6) is 0 Å². The average Bonchev–Trinajstić information content (AvgIpc) is 2.69. The standard InChI is InChI=1S/C24H34F3N3OS/c1-7-8-16(13-32-6)12-28-22(31)20-9-15(2)18-10-17(29-14-24(25,26)27)11-19(21(18)30-20)23(3,4)5/h9-11,16,29H,7-8,12-14H2,1-6H3,(H,28,31). The Kier molecular flexibility index (Phi) is 8.85. The van der Waals surface area contributed by atoms with Gasteiger partial charge in [-0.15, -0.1) is 0 Å². The first-order valence-electron chi connectivity index (χ1n) is 10.9. The highest BCUT2D eigenvalue weighted by atomic mass is 32.2. The number of rotatable bonds is 9. The molecule has 2 rings (SSSR count). The number of amides is 1. The molecule has 0 spiro atoms. The second-order valence-electron chi connectivity index (χ2n) is 9.28. The van der Waals surface area contributed by atoms with Crippen molar-refractivity contribution in [1.82, 2.24) is 10.3 Å². The van der Waals surface area contributed by atoms with Crippen LogP contribution in [-0.4, -0.2) is 42.2 Å². The number of nitrogens with zero attached hydrogens (tertiary/aromatic N) is 1. The Bertz CT molecular complexity index is 933. The number of nitrogens with one attached hydrogen (secondary N) is 2. The van der Waals surface area contributed by atoms with E-state index in [2.05, 4.69) is 28.8 Å². The van der Waals surface area contributed by atoms with Gasteiger partial charge in [-0.2, -0.15) is 24.9 Å². The number of hydrogen-bond acceptors (Lipinski definition) is 4. The van der Waals surface area contributed by atoms with Crippen LogP contribution in [0.4, 0.5) is 18.9 Å². The summed E-state index contributed by atoms with van der Waals surface area (Å²) in [7, 11) is 0. The van der Waals surface area contributed by atoms with Crippen LogP contribution in [0.25, 0.3) is 10.9 Å². The third-order valence-corrected chi connectivity index (χ3v) is 6.11. The summed E-state index contributed by atoms with van der Waals surface area (Å²) in [6.45, 7) is 9.43.